The first kappa shape index (κ1) is 18.2. The standard InChI is InChI=1S/C23H20ClN7/c24-15-4-6-18-17(13-15)22(29-28-18)23-26-19-7-5-16(14-20(19)27-23)30-9-11-31(12-10-30)21-3-1-2-8-25-21/h1-8,13-14H,9-12H2,(H,26,27)(H,28,29). The Hall–Kier alpha value is -3.58. The molecule has 31 heavy (non-hydrogen) atoms. The molecule has 1 aliphatic rings. The maximum absolute atomic E-state index is 6.18. The minimum Gasteiger partial charge on any atom is -0.368 e. The second-order valence-electron chi connectivity index (χ2n) is 7.71. The Morgan fingerprint density at radius 1 is 0.871 bits per heavy atom. The van der Waals surface area contributed by atoms with E-state index >= 15 is 0 Å². The van der Waals surface area contributed by atoms with Crippen LogP contribution in [0.15, 0.2) is 60.8 Å². The zero-order valence-electron chi connectivity index (χ0n) is 16.7. The minimum atomic E-state index is 0.679. The van der Waals surface area contributed by atoms with Crippen LogP contribution in [0.5, 0.6) is 0 Å². The fourth-order valence-corrected chi connectivity index (χ4v) is 4.38. The Balaban J connectivity index is 1.27. The predicted molar refractivity (Wildman–Crippen MR) is 125 cm³/mol. The molecule has 0 radical (unpaired) electrons. The molecule has 0 spiro atoms. The van der Waals surface area contributed by atoms with E-state index < -0.39 is 0 Å². The highest BCUT2D eigenvalue weighted by Gasteiger charge is 2.19. The molecule has 1 aliphatic heterocycles. The van der Waals surface area contributed by atoms with Gasteiger partial charge in [-0.15, -0.1) is 0 Å². The number of nitrogens with zero attached hydrogens (tertiary/aromatic N) is 5. The normalized spacial score (nSPS) is 14.6. The molecule has 3 aromatic heterocycles. The van der Waals surface area contributed by atoms with Crippen molar-refractivity contribution >= 4 is 45.0 Å². The van der Waals surface area contributed by atoms with E-state index in [4.69, 9.17) is 16.6 Å². The number of aromatic amines is 2. The molecule has 5 aromatic rings. The van der Waals surface area contributed by atoms with Crippen LogP contribution in [0, 0.1) is 0 Å². The number of H-pyrrole nitrogens is 2. The van der Waals surface area contributed by atoms with Crippen LogP contribution in [0.4, 0.5) is 11.5 Å². The van der Waals surface area contributed by atoms with E-state index in [1.165, 1.54) is 5.69 Å². The average molecular weight is 430 g/mol. The Bertz CT molecular complexity index is 1370. The van der Waals surface area contributed by atoms with E-state index in [-0.39, 0.29) is 0 Å². The third kappa shape index (κ3) is 3.27. The van der Waals surface area contributed by atoms with Gasteiger partial charge in [-0.05, 0) is 48.5 Å². The monoisotopic (exact) mass is 429 g/mol. The van der Waals surface area contributed by atoms with Gasteiger partial charge in [0.15, 0.2) is 5.82 Å². The molecule has 154 valence electrons. The number of anilines is 2. The number of fused-ring (bicyclic) bond motifs is 2. The zero-order valence-corrected chi connectivity index (χ0v) is 17.5. The molecule has 0 atom stereocenters. The average Bonchev–Trinajstić information content (AvgIpc) is 3.42. The number of imidazole rings is 1. The molecule has 0 bridgehead atoms. The number of hydrogen-bond acceptors (Lipinski definition) is 5. The Kier molecular flexibility index (Phi) is 4.28. The van der Waals surface area contributed by atoms with Gasteiger partial charge in [0.25, 0.3) is 0 Å². The minimum absolute atomic E-state index is 0.679. The van der Waals surface area contributed by atoms with Crippen molar-refractivity contribution in [3.63, 3.8) is 0 Å². The molecule has 2 aromatic carbocycles. The zero-order chi connectivity index (χ0) is 20.8. The van der Waals surface area contributed by atoms with Crippen molar-refractivity contribution in [3.05, 3.63) is 65.8 Å². The van der Waals surface area contributed by atoms with Gasteiger partial charge >= 0.3 is 0 Å². The van der Waals surface area contributed by atoms with E-state index in [0.717, 1.165) is 65.5 Å². The van der Waals surface area contributed by atoms with Gasteiger partial charge in [-0.2, -0.15) is 5.10 Å². The first-order chi connectivity index (χ1) is 15.2. The SMILES string of the molecule is Clc1ccc2[nH]nc(-c3nc4ccc(N5CCN(c6ccccn6)CC5)cc4[nH]3)c2c1. The van der Waals surface area contributed by atoms with Crippen LogP contribution < -0.4 is 9.80 Å². The Labute approximate surface area is 183 Å². The van der Waals surface area contributed by atoms with Crippen LogP contribution in [0.25, 0.3) is 33.5 Å². The van der Waals surface area contributed by atoms with E-state index in [9.17, 15) is 0 Å². The predicted octanol–water partition coefficient (Wildman–Crippen LogP) is 4.48. The number of hydrogen-bond donors (Lipinski definition) is 2. The van der Waals surface area contributed by atoms with Crippen molar-refractivity contribution in [2.75, 3.05) is 36.0 Å². The number of benzene rings is 2. The first-order valence-corrected chi connectivity index (χ1v) is 10.7. The van der Waals surface area contributed by atoms with Crippen LogP contribution >= 0.6 is 11.6 Å². The summed E-state index contributed by atoms with van der Waals surface area (Å²) in [6, 6.07) is 18.1. The second-order valence-corrected chi connectivity index (χ2v) is 8.15. The van der Waals surface area contributed by atoms with Crippen molar-refractivity contribution < 1.29 is 0 Å². The van der Waals surface area contributed by atoms with Gasteiger partial charge in [-0.25, -0.2) is 9.97 Å². The van der Waals surface area contributed by atoms with Crippen LogP contribution in [0.3, 0.4) is 0 Å². The summed E-state index contributed by atoms with van der Waals surface area (Å²) in [5.41, 5.74) is 4.82. The van der Waals surface area contributed by atoms with Crippen LogP contribution in [-0.4, -0.2) is 51.3 Å². The van der Waals surface area contributed by atoms with Gasteiger partial charge in [0.05, 0.1) is 16.6 Å². The third-order valence-corrected chi connectivity index (χ3v) is 6.07. The number of halogens is 1. The molecule has 1 saturated heterocycles. The van der Waals surface area contributed by atoms with Gasteiger partial charge in [-0.3, -0.25) is 5.10 Å². The summed E-state index contributed by atoms with van der Waals surface area (Å²) in [7, 11) is 0. The molecular weight excluding hydrogens is 410 g/mol. The first-order valence-electron chi connectivity index (χ1n) is 10.3. The molecule has 4 heterocycles. The van der Waals surface area contributed by atoms with Crippen molar-refractivity contribution in [1.82, 2.24) is 25.1 Å². The Morgan fingerprint density at radius 2 is 1.74 bits per heavy atom. The van der Waals surface area contributed by atoms with Gasteiger partial charge in [-0.1, -0.05) is 17.7 Å². The molecule has 0 unspecified atom stereocenters. The third-order valence-electron chi connectivity index (χ3n) is 5.83. The van der Waals surface area contributed by atoms with Gasteiger partial charge in [0.2, 0.25) is 0 Å². The molecule has 2 N–H and O–H groups in total. The highest BCUT2D eigenvalue weighted by atomic mass is 35.5. The summed E-state index contributed by atoms with van der Waals surface area (Å²) in [5, 5.41) is 9.14. The number of nitrogens with one attached hydrogen (secondary N) is 2. The lowest BCUT2D eigenvalue weighted by molar-refractivity contribution is 0.648. The van der Waals surface area contributed by atoms with Gasteiger partial charge < -0.3 is 14.8 Å². The van der Waals surface area contributed by atoms with E-state index in [0.29, 0.717) is 5.02 Å². The summed E-state index contributed by atoms with van der Waals surface area (Å²) in [6.45, 7) is 3.80. The lowest BCUT2D eigenvalue weighted by Crippen LogP contribution is -2.46. The topological polar surface area (TPSA) is 76.7 Å². The molecular formula is C23H20ClN7. The second kappa shape index (κ2) is 7.28. The molecule has 0 amide bonds. The number of rotatable bonds is 3. The summed E-state index contributed by atoms with van der Waals surface area (Å²) in [5.74, 6) is 1.78. The number of aromatic nitrogens is 5. The van der Waals surface area contributed by atoms with Crippen molar-refractivity contribution in [1.29, 1.82) is 0 Å². The van der Waals surface area contributed by atoms with Gasteiger partial charge in [0, 0.05) is 48.5 Å². The highest BCUT2D eigenvalue weighted by Crippen LogP contribution is 2.30. The molecule has 6 rings (SSSR count). The maximum Gasteiger partial charge on any atom is 0.159 e. The van der Waals surface area contributed by atoms with Crippen LogP contribution in [0.1, 0.15) is 0 Å². The fourth-order valence-electron chi connectivity index (χ4n) is 4.21. The molecule has 8 heteroatoms. The lowest BCUT2D eigenvalue weighted by atomic mass is 10.2. The Morgan fingerprint density at radius 3 is 2.58 bits per heavy atom. The molecule has 0 aliphatic carbocycles. The molecule has 7 nitrogen and oxygen atoms in total. The summed E-state index contributed by atoms with van der Waals surface area (Å²) >= 11 is 6.18. The van der Waals surface area contributed by atoms with Crippen LogP contribution in [-0.2, 0) is 0 Å². The van der Waals surface area contributed by atoms with Crippen LogP contribution in [0.2, 0.25) is 5.02 Å². The van der Waals surface area contributed by atoms with E-state index in [1.54, 1.807) is 0 Å². The fraction of sp³-hybridized carbons (Fsp3) is 0.174. The smallest absolute Gasteiger partial charge is 0.159 e. The molecule has 0 saturated carbocycles. The summed E-state index contributed by atoms with van der Waals surface area (Å²) in [4.78, 5) is 17.4. The summed E-state index contributed by atoms with van der Waals surface area (Å²) < 4.78 is 0. The molecule has 1 fully saturated rings. The van der Waals surface area contributed by atoms with Crippen molar-refractivity contribution in [2.45, 2.75) is 0 Å². The van der Waals surface area contributed by atoms with E-state index in [2.05, 4.69) is 54.2 Å². The number of piperazine rings is 1. The highest BCUT2D eigenvalue weighted by molar-refractivity contribution is 6.31. The van der Waals surface area contributed by atoms with E-state index in [1.807, 2.05) is 36.5 Å². The van der Waals surface area contributed by atoms with Crippen molar-refractivity contribution in [3.8, 4) is 11.5 Å². The quantitative estimate of drug-likeness (QED) is 0.442. The summed E-state index contributed by atoms with van der Waals surface area (Å²) in [6.07, 6.45) is 1.85. The largest absolute Gasteiger partial charge is 0.368 e. The maximum atomic E-state index is 6.18. The lowest BCUT2D eigenvalue weighted by Gasteiger charge is -2.36. The number of pyridine rings is 1. The van der Waals surface area contributed by atoms with Gasteiger partial charge in [0.1, 0.15) is 11.5 Å². The van der Waals surface area contributed by atoms with Crippen molar-refractivity contribution in [2.24, 2.45) is 0 Å².